The van der Waals surface area contributed by atoms with E-state index in [2.05, 4.69) is 68.3 Å². The Morgan fingerprint density at radius 3 is 2.82 bits per heavy atom. The van der Waals surface area contributed by atoms with E-state index in [1.165, 1.54) is 22.5 Å². The van der Waals surface area contributed by atoms with Gasteiger partial charge in [-0.05, 0) is 61.3 Å². The fraction of sp³-hybridized carbons (Fsp3) is 0.407. The Balaban J connectivity index is 1.30. The SMILES string of the molecule is C[C@@H]1CN(c2ccc(C#N)c3ncccc23)CC2CN(c3cccc4c3CCNC4)CCN21. The van der Waals surface area contributed by atoms with E-state index in [0.717, 1.165) is 63.1 Å². The molecular formula is C27H30N6. The first-order valence-electron chi connectivity index (χ1n) is 12.1. The third-order valence-electron chi connectivity index (χ3n) is 7.67. The lowest BCUT2D eigenvalue weighted by Gasteiger charge is -2.52. The Bertz CT molecular complexity index is 1230. The van der Waals surface area contributed by atoms with Crippen molar-refractivity contribution in [2.45, 2.75) is 32.0 Å². The van der Waals surface area contributed by atoms with Crippen LogP contribution >= 0.6 is 0 Å². The lowest BCUT2D eigenvalue weighted by Crippen LogP contribution is -2.65. The number of hydrogen-bond acceptors (Lipinski definition) is 6. The van der Waals surface area contributed by atoms with Crippen LogP contribution in [0.2, 0.25) is 0 Å². The number of hydrogen-bond donors (Lipinski definition) is 1. The molecule has 0 spiro atoms. The zero-order valence-corrected chi connectivity index (χ0v) is 19.2. The molecule has 2 fully saturated rings. The molecule has 4 heterocycles. The molecule has 6 rings (SSSR count). The quantitative estimate of drug-likeness (QED) is 0.663. The molecule has 1 unspecified atom stereocenters. The standard InChI is InChI=1S/C27H30N6/c1-19-16-32(26-8-7-20(14-28)27-24(26)5-3-10-30-27)18-22-17-31(12-13-33(19)22)25-6-2-4-21-15-29-11-9-23(21)25/h2-8,10,19,22,29H,9,11-13,15-18H2,1H3/t19-,22?/m1/s1. The van der Waals surface area contributed by atoms with Gasteiger partial charge in [-0.15, -0.1) is 0 Å². The van der Waals surface area contributed by atoms with Crippen LogP contribution in [0.1, 0.15) is 23.6 Å². The maximum absolute atomic E-state index is 9.54. The van der Waals surface area contributed by atoms with Gasteiger partial charge in [-0.2, -0.15) is 5.26 Å². The monoisotopic (exact) mass is 438 g/mol. The molecule has 0 bridgehead atoms. The second-order valence-electron chi connectivity index (χ2n) is 9.58. The molecule has 0 radical (unpaired) electrons. The van der Waals surface area contributed by atoms with Crippen molar-refractivity contribution in [1.82, 2.24) is 15.2 Å². The van der Waals surface area contributed by atoms with Crippen LogP contribution in [0.4, 0.5) is 11.4 Å². The summed E-state index contributed by atoms with van der Waals surface area (Å²) in [6.45, 7) is 9.65. The van der Waals surface area contributed by atoms with Crippen LogP contribution in [0.3, 0.4) is 0 Å². The molecule has 33 heavy (non-hydrogen) atoms. The number of rotatable bonds is 2. The van der Waals surface area contributed by atoms with Crippen LogP contribution in [-0.4, -0.2) is 61.2 Å². The van der Waals surface area contributed by atoms with E-state index in [9.17, 15) is 5.26 Å². The zero-order valence-electron chi connectivity index (χ0n) is 19.2. The molecule has 168 valence electrons. The van der Waals surface area contributed by atoms with E-state index in [4.69, 9.17) is 0 Å². The molecule has 0 saturated carbocycles. The highest BCUT2D eigenvalue weighted by molar-refractivity contribution is 5.95. The lowest BCUT2D eigenvalue weighted by molar-refractivity contribution is 0.108. The minimum Gasteiger partial charge on any atom is -0.368 e. The predicted octanol–water partition coefficient (Wildman–Crippen LogP) is 3.15. The van der Waals surface area contributed by atoms with Crippen molar-refractivity contribution in [3.05, 3.63) is 65.4 Å². The number of nitrogens with zero attached hydrogens (tertiary/aromatic N) is 5. The number of pyridine rings is 1. The van der Waals surface area contributed by atoms with Gasteiger partial charge in [-0.1, -0.05) is 12.1 Å². The Hall–Kier alpha value is -3.14. The predicted molar refractivity (Wildman–Crippen MR) is 133 cm³/mol. The van der Waals surface area contributed by atoms with Gasteiger partial charge < -0.3 is 15.1 Å². The van der Waals surface area contributed by atoms with Crippen molar-refractivity contribution in [2.24, 2.45) is 0 Å². The van der Waals surface area contributed by atoms with Gasteiger partial charge in [0.05, 0.1) is 11.1 Å². The molecule has 2 aromatic carbocycles. The van der Waals surface area contributed by atoms with Crippen LogP contribution in [0.15, 0.2) is 48.7 Å². The molecule has 3 aliphatic rings. The summed E-state index contributed by atoms with van der Waals surface area (Å²) >= 11 is 0. The Labute approximate surface area is 195 Å². The first-order valence-corrected chi connectivity index (χ1v) is 12.1. The smallest absolute Gasteiger partial charge is 0.101 e. The largest absolute Gasteiger partial charge is 0.368 e. The average molecular weight is 439 g/mol. The van der Waals surface area contributed by atoms with Crippen LogP contribution in [0.25, 0.3) is 10.9 Å². The molecule has 2 saturated heterocycles. The van der Waals surface area contributed by atoms with E-state index >= 15 is 0 Å². The highest BCUT2D eigenvalue weighted by atomic mass is 15.4. The highest BCUT2D eigenvalue weighted by Crippen LogP contribution is 2.34. The Morgan fingerprint density at radius 2 is 1.91 bits per heavy atom. The van der Waals surface area contributed by atoms with Crippen molar-refractivity contribution < 1.29 is 0 Å². The van der Waals surface area contributed by atoms with E-state index in [-0.39, 0.29) is 0 Å². The zero-order chi connectivity index (χ0) is 22.4. The second-order valence-corrected chi connectivity index (χ2v) is 9.58. The lowest BCUT2D eigenvalue weighted by atomic mass is 9.96. The van der Waals surface area contributed by atoms with Crippen molar-refractivity contribution in [3.63, 3.8) is 0 Å². The summed E-state index contributed by atoms with van der Waals surface area (Å²) in [6, 6.07) is 18.2. The third kappa shape index (κ3) is 3.52. The number of anilines is 2. The van der Waals surface area contributed by atoms with Gasteiger partial charge in [0.2, 0.25) is 0 Å². The molecular weight excluding hydrogens is 408 g/mol. The van der Waals surface area contributed by atoms with Crippen molar-refractivity contribution in [1.29, 1.82) is 5.26 Å². The number of nitriles is 1. The molecule has 2 atom stereocenters. The molecule has 0 amide bonds. The summed E-state index contributed by atoms with van der Waals surface area (Å²) in [5.41, 5.74) is 7.08. The van der Waals surface area contributed by atoms with Crippen molar-refractivity contribution >= 4 is 22.3 Å². The normalized spacial score (nSPS) is 23.2. The summed E-state index contributed by atoms with van der Waals surface area (Å²) in [7, 11) is 0. The summed E-state index contributed by atoms with van der Waals surface area (Å²) in [4.78, 5) is 12.4. The first kappa shape index (κ1) is 20.5. The van der Waals surface area contributed by atoms with Crippen LogP contribution < -0.4 is 15.1 Å². The number of benzene rings is 2. The van der Waals surface area contributed by atoms with Crippen molar-refractivity contribution in [3.8, 4) is 6.07 Å². The van der Waals surface area contributed by atoms with Crippen LogP contribution in [0, 0.1) is 11.3 Å². The second kappa shape index (κ2) is 8.33. The summed E-state index contributed by atoms with van der Waals surface area (Å²) in [5.74, 6) is 0. The maximum atomic E-state index is 9.54. The van der Waals surface area contributed by atoms with Gasteiger partial charge in [0.25, 0.3) is 0 Å². The minimum atomic E-state index is 0.474. The molecule has 0 aliphatic carbocycles. The molecule has 6 nitrogen and oxygen atoms in total. The number of fused-ring (bicyclic) bond motifs is 3. The summed E-state index contributed by atoms with van der Waals surface area (Å²) < 4.78 is 0. The van der Waals surface area contributed by atoms with Crippen molar-refractivity contribution in [2.75, 3.05) is 49.1 Å². The molecule has 3 aliphatic heterocycles. The summed E-state index contributed by atoms with van der Waals surface area (Å²) in [6.07, 6.45) is 2.89. The Kier molecular flexibility index (Phi) is 5.17. The van der Waals surface area contributed by atoms with Crippen LogP contribution in [-0.2, 0) is 13.0 Å². The maximum Gasteiger partial charge on any atom is 0.101 e. The van der Waals surface area contributed by atoms with Crippen LogP contribution in [0.5, 0.6) is 0 Å². The van der Waals surface area contributed by atoms with E-state index < -0.39 is 0 Å². The topological polar surface area (TPSA) is 58.4 Å². The average Bonchev–Trinajstić information content (AvgIpc) is 2.87. The molecule has 1 aromatic heterocycles. The van der Waals surface area contributed by atoms with Gasteiger partial charge in [0.1, 0.15) is 6.07 Å². The van der Waals surface area contributed by atoms with Gasteiger partial charge >= 0.3 is 0 Å². The Morgan fingerprint density at radius 1 is 1.00 bits per heavy atom. The molecule has 1 N–H and O–H groups in total. The van der Waals surface area contributed by atoms with Gasteiger partial charge in [-0.3, -0.25) is 9.88 Å². The molecule has 6 heteroatoms. The number of aromatic nitrogens is 1. The number of nitrogens with one attached hydrogen (secondary N) is 1. The van der Waals surface area contributed by atoms with E-state index in [0.29, 0.717) is 17.6 Å². The van der Waals surface area contributed by atoms with E-state index in [1.54, 1.807) is 6.20 Å². The first-order chi connectivity index (χ1) is 16.2. The summed E-state index contributed by atoms with van der Waals surface area (Å²) in [5, 5.41) is 14.1. The van der Waals surface area contributed by atoms with Gasteiger partial charge in [0, 0.05) is 74.3 Å². The molecule has 3 aromatic rings. The fourth-order valence-corrected chi connectivity index (χ4v) is 6.11. The van der Waals surface area contributed by atoms with Gasteiger partial charge in [0.15, 0.2) is 0 Å². The fourth-order valence-electron chi connectivity index (χ4n) is 6.11. The highest BCUT2D eigenvalue weighted by Gasteiger charge is 2.37. The third-order valence-corrected chi connectivity index (χ3v) is 7.67. The number of piperazine rings is 2. The minimum absolute atomic E-state index is 0.474. The van der Waals surface area contributed by atoms with E-state index in [1.807, 2.05) is 12.1 Å². The van der Waals surface area contributed by atoms with Gasteiger partial charge in [-0.25, -0.2) is 0 Å².